The molecule has 0 atom stereocenters. The molecule has 0 fully saturated rings. The molecular formula is C24H27N5O3. The van der Waals surface area contributed by atoms with Crippen molar-refractivity contribution in [2.75, 3.05) is 33.7 Å². The zero-order valence-corrected chi connectivity index (χ0v) is 18.6. The van der Waals surface area contributed by atoms with Crippen molar-refractivity contribution in [1.82, 2.24) is 20.0 Å². The molecule has 8 heteroatoms. The molecule has 2 N–H and O–H groups in total. The highest BCUT2D eigenvalue weighted by Gasteiger charge is 2.18. The van der Waals surface area contributed by atoms with E-state index in [9.17, 15) is 14.7 Å². The van der Waals surface area contributed by atoms with E-state index in [-0.39, 0.29) is 17.2 Å². The van der Waals surface area contributed by atoms with Crippen LogP contribution in [0.4, 0.5) is 0 Å². The molecule has 8 nitrogen and oxygen atoms in total. The molecule has 166 valence electrons. The zero-order valence-electron chi connectivity index (χ0n) is 18.6. The first-order valence-corrected chi connectivity index (χ1v) is 10.7. The molecule has 4 rings (SSSR count). The summed E-state index contributed by atoms with van der Waals surface area (Å²) in [4.78, 5) is 31.2. The van der Waals surface area contributed by atoms with E-state index >= 15 is 0 Å². The topological polar surface area (TPSA) is 99.8 Å². The van der Waals surface area contributed by atoms with Crippen molar-refractivity contribution in [3.8, 4) is 5.88 Å². The number of fused-ring (bicyclic) bond motifs is 2. The van der Waals surface area contributed by atoms with E-state index in [1.165, 1.54) is 6.92 Å². The summed E-state index contributed by atoms with van der Waals surface area (Å²) in [6.45, 7) is 3.70. The van der Waals surface area contributed by atoms with Gasteiger partial charge in [-0.3, -0.25) is 14.6 Å². The third-order valence-corrected chi connectivity index (χ3v) is 5.53. The van der Waals surface area contributed by atoms with Gasteiger partial charge in [-0.2, -0.15) is 5.10 Å². The first kappa shape index (κ1) is 21.7. The van der Waals surface area contributed by atoms with Gasteiger partial charge in [-0.1, -0.05) is 24.3 Å². The molecule has 0 aliphatic heterocycles. The Bertz CT molecular complexity index is 1430. The van der Waals surface area contributed by atoms with Gasteiger partial charge in [0.05, 0.1) is 17.3 Å². The van der Waals surface area contributed by atoms with Gasteiger partial charge in [0.2, 0.25) is 11.8 Å². The van der Waals surface area contributed by atoms with Gasteiger partial charge in [-0.25, -0.2) is 4.68 Å². The summed E-state index contributed by atoms with van der Waals surface area (Å²) in [6, 6.07) is 11.0. The van der Waals surface area contributed by atoms with Crippen LogP contribution in [0, 0.1) is 0 Å². The number of amides is 1. The van der Waals surface area contributed by atoms with E-state index in [0.717, 1.165) is 5.39 Å². The summed E-state index contributed by atoms with van der Waals surface area (Å²) < 4.78 is 1.60. The van der Waals surface area contributed by atoms with Gasteiger partial charge < -0.3 is 15.3 Å². The number of carbonyl (C=O) groups is 1. The fourth-order valence-corrected chi connectivity index (χ4v) is 3.95. The normalized spacial score (nSPS) is 12.4. The van der Waals surface area contributed by atoms with Crippen molar-refractivity contribution in [3.05, 3.63) is 52.0 Å². The van der Waals surface area contributed by atoms with E-state index < -0.39 is 0 Å². The number of benzene rings is 3. The Balaban J connectivity index is 1.96. The van der Waals surface area contributed by atoms with Crippen LogP contribution in [0.25, 0.3) is 32.4 Å². The van der Waals surface area contributed by atoms with Crippen LogP contribution in [0.2, 0.25) is 0 Å². The Morgan fingerprint density at radius 2 is 1.88 bits per heavy atom. The molecule has 0 aliphatic rings. The van der Waals surface area contributed by atoms with Crippen LogP contribution < -0.4 is 16.1 Å². The predicted molar refractivity (Wildman–Crippen MR) is 126 cm³/mol. The minimum Gasteiger partial charge on any atom is -0.493 e. The summed E-state index contributed by atoms with van der Waals surface area (Å²) in [5.41, 5.74) is 0.559. The molecule has 1 aromatic heterocycles. The number of hydrogen-bond donors (Lipinski definition) is 2. The second kappa shape index (κ2) is 8.92. The Kier molecular flexibility index (Phi) is 6.05. The van der Waals surface area contributed by atoms with Crippen LogP contribution in [0.5, 0.6) is 5.88 Å². The number of likely N-dealkylation sites (N-methyl/N-ethyl adjacent to an activating group) is 1. The number of aromatic nitrogens is 2. The Labute approximate surface area is 185 Å². The minimum atomic E-state index is -0.119. The molecule has 3 aromatic carbocycles. The lowest BCUT2D eigenvalue weighted by molar-refractivity contribution is -0.118. The molecule has 32 heavy (non-hydrogen) atoms. The van der Waals surface area contributed by atoms with Gasteiger partial charge in [0, 0.05) is 48.1 Å². The first-order valence-electron chi connectivity index (χ1n) is 10.7. The average molecular weight is 434 g/mol. The molecule has 4 aromatic rings. The van der Waals surface area contributed by atoms with Crippen molar-refractivity contribution in [1.29, 1.82) is 0 Å². The maximum atomic E-state index is 13.5. The maximum absolute atomic E-state index is 13.5. The standard InChI is InChI=1S/C24H27N5O3/c1-15(30)25-11-6-12-26-19-10-9-18-20-21(19)23(31)17-8-5-4-7-16(17)22(20)27-29(24(18)32)14-13-28(2)3/h4-5,7-10,32H,6,11-14H2,1-3H3,(H,25,30). The van der Waals surface area contributed by atoms with E-state index in [4.69, 9.17) is 5.10 Å². The van der Waals surface area contributed by atoms with Crippen LogP contribution in [-0.4, -0.2) is 59.4 Å². The lowest BCUT2D eigenvalue weighted by atomic mass is 9.98. The van der Waals surface area contributed by atoms with Crippen molar-refractivity contribution in [3.63, 3.8) is 0 Å². The SMILES string of the molecule is CC(=O)NCCCN=c1ccc2c(O)n(CCN(C)C)nc3c4ccccc4c(=O)c1c23. The maximum Gasteiger partial charge on any atom is 0.216 e. The second-order valence-electron chi connectivity index (χ2n) is 8.17. The Hall–Kier alpha value is -3.52. The van der Waals surface area contributed by atoms with Gasteiger partial charge in [0.1, 0.15) is 5.52 Å². The molecule has 0 saturated carbocycles. The third-order valence-electron chi connectivity index (χ3n) is 5.53. The second-order valence-corrected chi connectivity index (χ2v) is 8.17. The number of nitrogens with one attached hydrogen (secondary N) is 1. The van der Waals surface area contributed by atoms with Gasteiger partial charge in [-0.05, 0) is 32.6 Å². The molecule has 0 saturated heterocycles. The number of rotatable bonds is 7. The fourth-order valence-electron chi connectivity index (χ4n) is 3.95. The first-order chi connectivity index (χ1) is 15.4. The van der Waals surface area contributed by atoms with Crippen LogP contribution in [0.3, 0.4) is 0 Å². The lowest BCUT2D eigenvalue weighted by Crippen LogP contribution is -2.22. The highest BCUT2D eigenvalue weighted by molar-refractivity contribution is 6.20. The van der Waals surface area contributed by atoms with Gasteiger partial charge in [0.15, 0.2) is 5.43 Å². The molecular weight excluding hydrogens is 406 g/mol. The molecule has 0 unspecified atom stereocenters. The monoisotopic (exact) mass is 433 g/mol. The van der Waals surface area contributed by atoms with E-state index in [2.05, 4.69) is 10.3 Å². The van der Waals surface area contributed by atoms with Crippen LogP contribution in [0.15, 0.2) is 46.2 Å². The smallest absolute Gasteiger partial charge is 0.216 e. The minimum absolute atomic E-state index is 0.0382. The zero-order chi connectivity index (χ0) is 22.8. The summed E-state index contributed by atoms with van der Waals surface area (Å²) in [5.74, 6) is -0.0393. The van der Waals surface area contributed by atoms with Crippen LogP contribution in [0.1, 0.15) is 13.3 Å². The number of aromatic hydroxyl groups is 1. The van der Waals surface area contributed by atoms with E-state index in [0.29, 0.717) is 65.0 Å². The van der Waals surface area contributed by atoms with Gasteiger partial charge >= 0.3 is 0 Å². The molecule has 1 amide bonds. The van der Waals surface area contributed by atoms with Crippen molar-refractivity contribution in [2.45, 2.75) is 19.9 Å². The fraction of sp³-hybridized carbons (Fsp3) is 0.333. The summed E-state index contributed by atoms with van der Waals surface area (Å²) in [6.07, 6.45) is 0.664. The third kappa shape index (κ3) is 4.01. The van der Waals surface area contributed by atoms with Crippen molar-refractivity contribution >= 4 is 38.4 Å². The number of hydrogen-bond acceptors (Lipinski definition) is 6. The summed E-state index contributed by atoms with van der Waals surface area (Å²) in [7, 11) is 3.93. The molecule has 0 aliphatic carbocycles. The Morgan fingerprint density at radius 3 is 2.59 bits per heavy atom. The summed E-state index contributed by atoms with van der Waals surface area (Å²) >= 11 is 0. The van der Waals surface area contributed by atoms with E-state index in [1.807, 2.05) is 37.2 Å². The quantitative estimate of drug-likeness (QED) is 0.263. The molecule has 0 radical (unpaired) electrons. The van der Waals surface area contributed by atoms with Crippen molar-refractivity contribution in [2.24, 2.45) is 4.99 Å². The lowest BCUT2D eigenvalue weighted by Gasteiger charge is -2.17. The molecule has 1 heterocycles. The molecule has 0 spiro atoms. The highest BCUT2D eigenvalue weighted by Crippen LogP contribution is 2.32. The highest BCUT2D eigenvalue weighted by atomic mass is 16.3. The van der Waals surface area contributed by atoms with Crippen molar-refractivity contribution < 1.29 is 9.90 Å². The Morgan fingerprint density at radius 1 is 1.12 bits per heavy atom. The van der Waals surface area contributed by atoms with Crippen LogP contribution >= 0.6 is 0 Å². The largest absolute Gasteiger partial charge is 0.493 e. The van der Waals surface area contributed by atoms with Gasteiger partial charge in [0.25, 0.3) is 0 Å². The number of carbonyl (C=O) groups excluding carboxylic acids is 1. The van der Waals surface area contributed by atoms with Crippen LogP contribution in [-0.2, 0) is 11.3 Å². The van der Waals surface area contributed by atoms with E-state index in [1.54, 1.807) is 22.9 Å². The predicted octanol–water partition coefficient (Wildman–Crippen LogP) is 1.83. The van der Waals surface area contributed by atoms with Gasteiger partial charge in [-0.15, -0.1) is 0 Å². The summed E-state index contributed by atoms with van der Waals surface area (Å²) in [5, 5.41) is 22.1. The average Bonchev–Trinajstić information content (AvgIpc) is 2.77. The number of nitrogens with zero attached hydrogens (tertiary/aromatic N) is 4. The molecule has 0 bridgehead atoms.